The minimum atomic E-state index is -1.70. The van der Waals surface area contributed by atoms with Crippen molar-refractivity contribution in [2.24, 2.45) is 10.5 Å². The Morgan fingerprint density at radius 3 is 2.45 bits per heavy atom. The first-order valence-corrected chi connectivity index (χ1v) is 11.5. The van der Waals surface area contributed by atoms with Crippen LogP contribution in [0.25, 0.3) is 0 Å². The third-order valence-corrected chi connectivity index (χ3v) is 10.4. The molecule has 0 radical (unpaired) electrons. The van der Waals surface area contributed by atoms with E-state index in [1.165, 1.54) is 25.0 Å². The Balaban J connectivity index is 2.20. The summed E-state index contributed by atoms with van der Waals surface area (Å²) in [6, 6.07) is 0. The minimum absolute atomic E-state index is 0.223. The average Bonchev–Trinajstić information content (AvgIpc) is 2.64. The number of hydrogen-bond donors (Lipinski definition) is 0. The molecule has 2 rings (SSSR count). The lowest BCUT2D eigenvalue weighted by Crippen LogP contribution is -2.47. The van der Waals surface area contributed by atoms with Crippen LogP contribution in [0.1, 0.15) is 53.4 Å². The molecular formula is C18H34N2OSi. The summed E-state index contributed by atoms with van der Waals surface area (Å²) in [7, 11) is 2.29. The zero-order chi connectivity index (χ0) is 16.8. The normalized spacial score (nSPS) is 31.2. The van der Waals surface area contributed by atoms with Crippen LogP contribution in [0.15, 0.2) is 16.8 Å². The topological polar surface area (TPSA) is 24.8 Å². The fraction of sp³-hybridized carbons (Fsp3) is 0.833. The summed E-state index contributed by atoms with van der Waals surface area (Å²) in [5.74, 6) is 0. The number of fused-ring (bicyclic) bond motifs is 1. The second kappa shape index (κ2) is 5.79. The standard InChI is InChI=1S/C18H34N2OSi/c1-17(2,3)22(7,8)21-16-10-9-14-13-15(19-20(5)6)11-12-18(14,16)4/h13,16H,9-12H2,1-8H3/b19-15-/t16-,18-/m0/s1. The molecule has 0 unspecified atom stereocenters. The molecule has 2 aliphatic carbocycles. The van der Waals surface area contributed by atoms with E-state index in [1.807, 2.05) is 19.1 Å². The third-order valence-electron chi connectivity index (χ3n) is 5.93. The van der Waals surface area contributed by atoms with Crippen molar-refractivity contribution < 1.29 is 4.43 Å². The van der Waals surface area contributed by atoms with Crippen LogP contribution in [0.4, 0.5) is 0 Å². The maximum Gasteiger partial charge on any atom is 0.192 e. The van der Waals surface area contributed by atoms with Crippen LogP contribution in [0.2, 0.25) is 18.1 Å². The summed E-state index contributed by atoms with van der Waals surface area (Å²) >= 11 is 0. The van der Waals surface area contributed by atoms with Crippen LogP contribution >= 0.6 is 0 Å². The predicted octanol–water partition coefficient (Wildman–Crippen LogP) is 4.81. The highest BCUT2D eigenvalue weighted by Gasteiger charge is 2.49. The van der Waals surface area contributed by atoms with Gasteiger partial charge in [-0.15, -0.1) is 0 Å². The molecule has 0 aromatic rings. The van der Waals surface area contributed by atoms with E-state index in [4.69, 9.17) is 4.43 Å². The highest BCUT2D eigenvalue weighted by atomic mass is 28.4. The maximum absolute atomic E-state index is 6.80. The highest BCUT2D eigenvalue weighted by molar-refractivity contribution is 6.74. The van der Waals surface area contributed by atoms with Crippen molar-refractivity contribution >= 4 is 14.0 Å². The summed E-state index contributed by atoms with van der Waals surface area (Å²) in [5, 5.41) is 6.80. The van der Waals surface area contributed by atoms with E-state index in [0.717, 1.165) is 6.42 Å². The molecule has 0 N–H and O–H groups in total. The smallest absolute Gasteiger partial charge is 0.192 e. The van der Waals surface area contributed by atoms with Gasteiger partial charge in [0.2, 0.25) is 0 Å². The molecule has 0 saturated heterocycles. The molecule has 3 nitrogen and oxygen atoms in total. The summed E-state index contributed by atoms with van der Waals surface area (Å²) in [6.07, 6.45) is 7.31. The van der Waals surface area contributed by atoms with Crippen molar-refractivity contribution in [2.45, 2.75) is 77.6 Å². The van der Waals surface area contributed by atoms with Gasteiger partial charge in [0.25, 0.3) is 0 Å². The lowest BCUT2D eigenvalue weighted by molar-refractivity contribution is 0.0875. The van der Waals surface area contributed by atoms with Gasteiger partial charge in [-0.2, -0.15) is 5.10 Å². The maximum atomic E-state index is 6.80. The lowest BCUT2D eigenvalue weighted by atomic mass is 9.74. The van der Waals surface area contributed by atoms with Gasteiger partial charge in [0, 0.05) is 19.5 Å². The van der Waals surface area contributed by atoms with Crippen LogP contribution in [0.5, 0.6) is 0 Å². The molecule has 0 aliphatic heterocycles. The van der Waals surface area contributed by atoms with Gasteiger partial charge in [-0.3, -0.25) is 0 Å². The number of nitrogens with zero attached hydrogens (tertiary/aromatic N) is 2. The van der Waals surface area contributed by atoms with E-state index in [9.17, 15) is 0 Å². The Labute approximate surface area is 137 Å². The SMILES string of the molecule is CN(C)/N=C1\C=C2CC[C@H](O[Si](C)(C)C(C)(C)C)[C@@]2(C)CC1. The molecule has 1 saturated carbocycles. The van der Waals surface area contributed by atoms with Crippen molar-refractivity contribution in [2.75, 3.05) is 14.1 Å². The molecule has 0 spiro atoms. The van der Waals surface area contributed by atoms with Crippen LogP contribution in [-0.4, -0.2) is 39.2 Å². The van der Waals surface area contributed by atoms with Gasteiger partial charge in [-0.05, 0) is 49.9 Å². The molecule has 0 aromatic carbocycles. The van der Waals surface area contributed by atoms with Crippen molar-refractivity contribution in [3.05, 3.63) is 11.6 Å². The van der Waals surface area contributed by atoms with Gasteiger partial charge in [0.15, 0.2) is 8.32 Å². The van der Waals surface area contributed by atoms with E-state index in [-0.39, 0.29) is 10.5 Å². The zero-order valence-corrected chi connectivity index (χ0v) is 16.8. The van der Waals surface area contributed by atoms with E-state index < -0.39 is 8.32 Å². The Morgan fingerprint density at radius 1 is 1.27 bits per heavy atom. The summed E-state index contributed by atoms with van der Waals surface area (Å²) in [5.41, 5.74) is 3.01. The molecule has 22 heavy (non-hydrogen) atoms. The Bertz CT molecular complexity index is 488. The molecule has 126 valence electrons. The van der Waals surface area contributed by atoms with E-state index in [0.29, 0.717) is 6.10 Å². The van der Waals surface area contributed by atoms with Crippen LogP contribution in [0.3, 0.4) is 0 Å². The second-order valence-electron chi connectivity index (χ2n) is 8.93. The molecule has 0 heterocycles. The molecule has 0 bridgehead atoms. The Kier molecular flexibility index (Phi) is 4.67. The van der Waals surface area contributed by atoms with Crippen molar-refractivity contribution in [1.82, 2.24) is 5.01 Å². The van der Waals surface area contributed by atoms with Gasteiger partial charge in [-0.1, -0.05) is 33.3 Å². The first kappa shape index (κ1) is 17.7. The quantitative estimate of drug-likeness (QED) is 0.550. The summed E-state index contributed by atoms with van der Waals surface area (Å²) in [6.45, 7) is 14.2. The predicted molar refractivity (Wildman–Crippen MR) is 97.9 cm³/mol. The summed E-state index contributed by atoms with van der Waals surface area (Å²) in [4.78, 5) is 0. The van der Waals surface area contributed by atoms with Gasteiger partial charge < -0.3 is 9.43 Å². The Hall–Kier alpha value is -0.613. The molecule has 4 heteroatoms. The van der Waals surface area contributed by atoms with Crippen LogP contribution < -0.4 is 0 Å². The fourth-order valence-electron chi connectivity index (χ4n) is 3.37. The summed E-state index contributed by atoms with van der Waals surface area (Å²) < 4.78 is 6.80. The van der Waals surface area contributed by atoms with Crippen molar-refractivity contribution in [3.8, 4) is 0 Å². The average molecular weight is 323 g/mol. The Morgan fingerprint density at radius 2 is 1.91 bits per heavy atom. The van der Waals surface area contributed by atoms with E-state index >= 15 is 0 Å². The number of hydrazone groups is 1. The van der Waals surface area contributed by atoms with Crippen molar-refractivity contribution in [3.63, 3.8) is 0 Å². The first-order valence-electron chi connectivity index (χ1n) is 8.59. The van der Waals surface area contributed by atoms with Gasteiger partial charge in [0.05, 0.1) is 11.8 Å². The number of allylic oxidation sites excluding steroid dienone is 1. The lowest BCUT2D eigenvalue weighted by Gasteiger charge is -2.44. The molecule has 2 aliphatic rings. The molecule has 2 atom stereocenters. The number of hydrogen-bond acceptors (Lipinski definition) is 3. The zero-order valence-electron chi connectivity index (χ0n) is 15.8. The van der Waals surface area contributed by atoms with E-state index in [1.54, 1.807) is 5.57 Å². The number of rotatable bonds is 3. The molecular weight excluding hydrogens is 288 g/mol. The fourth-order valence-corrected chi connectivity index (χ4v) is 4.82. The largest absolute Gasteiger partial charge is 0.413 e. The van der Waals surface area contributed by atoms with Crippen LogP contribution in [0, 0.1) is 5.41 Å². The van der Waals surface area contributed by atoms with Crippen LogP contribution in [-0.2, 0) is 4.43 Å². The van der Waals surface area contributed by atoms with Gasteiger partial charge in [-0.25, -0.2) is 0 Å². The van der Waals surface area contributed by atoms with Gasteiger partial charge >= 0.3 is 0 Å². The first-order chi connectivity index (χ1) is 9.96. The highest BCUT2D eigenvalue weighted by Crippen LogP contribution is 2.52. The van der Waals surface area contributed by atoms with Crippen molar-refractivity contribution in [1.29, 1.82) is 0 Å². The molecule has 0 amide bonds. The van der Waals surface area contributed by atoms with Gasteiger partial charge in [0.1, 0.15) is 0 Å². The third kappa shape index (κ3) is 3.33. The monoisotopic (exact) mass is 322 g/mol. The molecule has 1 fully saturated rings. The molecule has 0 aromatic heterocycles. The second-order valence-corrected chi connectivity index (χ2v) is 13.7. The minimum Gasteiger partial charge on any atom is -0.413 e. The van der Waals surface area contributed by atoms with E-state index in [2.05, 4.69) is 52.0 Å².